The first-order valence-corrected chi connectivity index (χ1v) is 12.0. The summed E-state index contributed by atoms with van der Waals surface area (Å²) in [4.78, 5) is 26.5. The topological polar surface area (TPSA) is 55.8 Å². The Kier molecular flexibility index (Phi) is 8.26. The lowest BCUT2D eigenvalue weighted by atomic mass is 9.85. The van der Waals surface area contributed by atoms with E-state index in [0.717, 1.165) is 16.9 Å². The molecule has 5 nitrogen and oxygen atoms in total. The average Bonchev–Trinajstić information content (AvgIpc) is 2.69. The first-order valence-electron chi connectivity index (χ1n) is 12.0. The van der Waals surface area contributed by atoms with E-state index in [0.29, 0.717) is 16.9 Å². The van der Waals surface area contributed by atoms with Gasteiger partial charge in [-0.05, 0) is 77.3 Å². The lowest BCUT2D eigenvalue weighted by molar-refractivity contribution is 0.0827. The van der Waals surface area contributed by atoms with Crippen LogP contribution in [-0.4, -0.2) is 41.9 Å². The van der Waals surface area contributed by atoms with E-state index in [9.17, 15) is 9.59 Å². The molecule has 0 spiro atoms. The fourth-order valence-corrected chi connectivity index (χ4v) is 3.42. The Hall–Kier alpha value is -3.08. The number of carbonyl (C=O) groups is 2. The Morgan fingerprint density at radius 3 is 1.69 bits per heavy atom. The molecule has 0 unspecified atom stereocenters. The van der Waals surface area contributed by atoms with E-state index in [1.165, 1.54) is 4.90 Å². The third kappa shape index (κ3) is 8.27. The fourth-order valence-electron chi connectivity index (χ4n) is 3.42. The molecule has 0 aliphatic rings. The molecule has 2 rings (SSSR count). The molecule has 0 aliphatic heterocycles. The fraction of sp³-hybridized carbons (Fsp3) is 0.467. The first kappa shape index (κ1) is 28.2. The van der Waals surface area contributed by atoms with Crippen molar-refractivity contribution in [1.82, 2.24) is 4.90 Å². The molecule has 0 fully saturated rings. The summed E-state index contributed by atoms with van der Waals surface area (Å²) >= 11 is 0. The van der Waals surface area contributed by atoms with E-state index in [-0.39, 0.29) is 22.7 Å². The van der Waals surface area contributed by atoms with Crippen LogP contribution in [0.3, 0.4) is 0 Å². The van der Waals surface area contributed by atoms with Crippen molar-refractivity contribution >= 4 is 17.8 Å². The van der Waals surface area contributed by atoms with E-state index in [1.54, 1.807) is 50.5 Å². The van der Waals surface area contributed by atoms with Crippen molar-refractivity contribution in [3.05, 3.63) is 64.7 Å². The van der Waals surface area contributed by atoms with Crippen LogP contribution < -0.4 is 9.47 Å². The van der Waals surface area contributed by atoms with Crippen LogP contribution in [0.4, 0.5) is 0 Å². The normalized spacial score (nSPS) is 12.5. The highest BCUT2D eigenvalue weighted by Gasteiger charge is 2.26. The van der Waals surface area contributed by atoms with Crippen LogP contribution in [0.5, 0.6) is 11.5 Å². The van der Waals surface area contributed by atoms with Gasteiger partial charge in [0, 0.05) is 42.4 Å². The predicted octanol–water partition coefficient (Wildman–Crippen LogP) is 6.94. The number of hydrogen-bond acceptors (Lipinski definition) is 4. The van der Waals surface area contributed by atoms with Crippen molar-refractivity contribution in [1.29, 1.82) is 0 Å². The van der Waals surface area contributed by atoms with Crippen LogP contribution in [0, 0.1) is 0 Å². The maximum Gasteiger partial charge on any atom is 0.253 e. The van der Waals surface area contributed by atoms with Gasteiger partial charge in [0.1, 0.15) is 22.7 Å². The molecule has 1 amide bonds. The zero-order valence-corrected chi connectivity index (χ0v) is 23.2. The second kappa shape index (κ2) is 10.3. The minimum absolute atomic E-state index is 0.101. The molecule has 190 valence electrons. The molecule has 0 saturated carbocycles. The van der Waals surface area contributed by atoms with Gasteiger partial charge < -0.3 is 14.4 Å². The van der Waals surface area contributed by atoms with Gasteiger partial charge in [0.2, 0.25) is 0 Å². The zero-order valence-electron chi connectivity index (χ0n) is 23.2. The van der Waals surface area contributed by atoms with Crippen LogP contribution in [0.1, 0.15) is 94.2 Å². The highest BCUT2D eigenvalue weighted by atomic mass is 16.5. The van der Waals surface area contributed by atoms with Gasteiger partial charge in [0.25, 0.3) is 5.91 Å². The number of hydrogen-bond donors (Lipinski definition) is 0. The van der Waals surface area contributed by atoms with E-state index >= 15 is 0 Å². The molecule has 0 aliphatic carbocycles. The van der Waals surface area contributed by atoms with Gasteiger partial charge in [-0.3, -0.25) is 9.59 Å². The van der Waals surface area contributed by atoms with E-state index < -0.39 is 5.60 Å². The summed E-state index contributed by atoms with van der Waals surface area (Å²) in [5.41, 5.74) is 1.92. The number of carbonyl (C=O) groups excluding carboxylic acids is 2. The molecule has 5 heteroatoms. The molecule has 2 aromatic carbocycles. The highest BCUT2D eigenvalue weighted by Crippen LogP contribution is 2.40. The Morgan fingerprint density at radius 1 is 0.743 bits per heavy atom. The highest BCUT2D eigenvalue weighted by molar-refractivity contribution is 6.07. The van der Waals surface area contributed by atoms with Crippen molar-refractivity contribution in [3.63, 3.8) is 0 Å². The number of amides is 1. The molecular formula is C30H41NO4. The predicted molar refractivity (Wildman–Crippen MR) is 144 cm³/mol. The van der Waals surface area contributed by atoms with E-state index in [2.05, 4.69) is 20.8 Å². The summed E-state index contributed by atoms with van der Waals surface area (Å²) in [7, 11) is 3.40. The summed E-state index contributed by atoms with van der Waals surface area (Å²) in [6, 6.07) is 10.7. The summed E-state index contributed by atoms with van der Waals surface area (Å²) in [6.07, 6.45) is 3.34. The van der Waals surface area contributed by atoms with Gasteiger partial charge in [-0.2, -0.15) is 0 Å². The van der Waals surface area contributed by atoms with E-state index in [1.807, 2.05) is 53.7 Å². The third-order valence-corrected chi connectivity index (χ3v) is 4.99. The van der Waals surface area contributed by atoms with Crippen molar-refractivity contribution in [2.24, 2.45) is 0 Å². The zero-order chi connectivity index (χ0) is 26.8. The van der Waals surface area contributed by atoms with Gasteiger partial charge in [-0.25, -0.2) is 0 Å². The quantitative estimate of drug-likeness (QED) is 0.333. The van der Waals surface area contributed by atoms with Gasteiger partial charge in [0.05, 0.1) is 0 Å². The summed E-state index contributed by atoms with van der Waals surface area (Å²) in [5, 5.41) is 0. The maximum atomic E-state index is 12.9. The van der Waals surface area contributed by atoms with Crippen molar-refractivity contribution < 1.29 is 19.1 Å². The molecule has 2 aromatic rings. The van der Waals surface area contributed by atoms with Gasteiger partial charge in [-0.1, -0.05) is 32.9 Å². The Bertz CT molecular complexity index is 1090. The molecule has 0 N–H and O–H groups in total. The van der Waals surface area contributed by atoms with Crippen LogP contribution >= 0.6 is 0 Å². The second-order valence-corrected chi connectivity index (χ2v) is 12.0. The molecule has 0 heterocycles. The number of ether oxygens (including phenoxy) is 2. The van der Waals surface area contributed by atoms with Crippen LogP contribution in [0.25, 0.3) is 6.08 Å². The molecule has 0 bridgehead atoms. The summed E-state index contributed by atoms with van der Waals surface area (Å²) in [5.74, 6) is 1.17. The average molecular weight is 480 g/mol. The number of nitrogens with zero attached hydrogens (tertiary/aromatic N) is 1. The smallest absolute Gasteiger partial charge is 0.253 e. The van der Waals surface area contributed by atoms with Crippen LogP contribution in [0.15, 0.2) is 42.5 Å². The monoisotopic (exact) mass is 479 g/mol. The summed E-state index contributed by atoms with van der Waals surface area (Å²) < 4.78 is 12.6. The summed E-state index contributed by atoms with van der Waals surface area (Å²) in [6.45, 7) is 18.4. The maximum absolute atomic E-state index is 12.9. The SMILES string of the molecule is CN(C)C(=O)c1ccc(C(=O)/C=C\c2cc(C(C)(C)C)c(OC(C)(C)C)cc2OC(C)(C)C)cc1. The number of allylic oxidation sites excluding steroid dienone is 1. The first-order chi connectivity index (χ1) is 15.9. The second-order valence-electron chi connectivity index (χ2n) is 12.0. The molecule has 0 atom stereocenters. The van der Waals surface area contributed by atoms with Crippen LogP contribution in [-0.2, 0) is 5.41 Å². The molecule has 35 heavy (non-hydrogen) atoms. The van der Waals surface area contributed by atoms with Crippen molar-refractivity contribution in [3.8, 4) is 11.5 Å². The molecule has 0 radical (unpaired) electrons. The van der Waals surface area contributed by atoms with Crippen molar-refractivity contribution in [2.45, 2.75) is 78.9 Å². The molecule has 0 saturated heterocycles. The third-order valence-electron chi connectivity index (χ3n) is 4.99. The lowest BCUT2D eigenvalue weighted by Crippen LogP contribution is -2.27. The lowest BCUT2D eigenvalue weighted by Gasteiger charge is -2.30. The van der Waals surface area contributed by atoms with E-state index in [4.69, 9.17) is 9.47 Å². The minimum Gasteiger partial charge on any atom is -0.488 e. The Morgan fingerprint density at radius 2 is 1.23 bits per heavy atom. The molecular weight excluding hydrogens is 438 g/mol. The number of ketones is 1. The van der Waals surface area contributed by atoms with Gasteiger partial charge in [0.15, 0.2) is 5.78 Å². The van der Waals surface area contributed by atoms with Gasteiger partial charge >= 0.3 is 0 Å². The standard InChI is InChI=1S/C30H41NO4/c1-28(2,3)23-18-22(25(34-29(4,5)6)19-26(23)35-30(7,8)9)16-17-24(32)20-12-14-21(15-13-20)27(33)31(10)11/h12-19H,1-11H3/b17-16-. The minimum atomic E-state index is -0.427. The van der Waals surface area contributed by atoms with Crippen LogP contribution in [0.2, 0.25) is 0 Å². The number of rotatable bonds is 6. The Balaban J connectivity index is 2.50. The number of benzene rings is 2. The molecule has 0 aromatic heterocycles. The Labute approximate surface area is 211 Å². The van der Waals surface area contributed by atoms with Gasteiger partial charge in [-0.15, -0.1) is 0 Å². The largest absolute Gasteiger partial charge is 0.488 e. The van der Waals surface area contributed by atoms with Crippen molar-refractivity contribution in [2.75, 3.05) is 14.1 Å².